The smallest absolute Gasteiger partial charge is 0.263 e. The Bertz CT molecular complexity index is 1480. The fourth-order valence-corrected chi connectivity index (χ4v) is 5.73. The molecule has 1 saturated heterocycles. The molecule has 1 amide bonds. The van der Waals surface area contributed by atoms with Crippen LogP contribution < -0.4 is 26.4 Å². The second-order valence-electron chi connectivity index (χ2n) is 11.9. The van der Waals surface area contributed by atoms with Gasteiger partial charge in [-0.1, -0.05) is 69.2 Å². The summed E-state index contributed by atoms with van der Waals surface area (Å²) < 4.78 is 7.63. The molecule has 0 unspecified atom stereocenters. The predicted molar refractivity (Wildman–Crippen MR) is 183 cm³/mol. The van der Waals surface area contributed by atoms with Gasteiger partial charge in [-0.2, -0.15) is 5.26 Å². The monoisotopic (exact) mass is 650 g/mol. The van der Waals surface area contributed by atoms with Crippen LogP contribution in [0.2, 0.25) is 0 Å². The number of benzene rings is 2. The highest BCUT2D eigenvalue weighted by Crippen LogP contribution is 2.31. The van der Waals surface area contributed by atoms with Crippen LogP contribution in [0.1, 0.15) is 82.6 Å². The van der Waals surface area contributed by atoms with Crippen LogP contribution in [0, 0.1) is 11.3 Å². The van der Waals surface area contributed by atoms with Crippen LogP contribution in [0.15, 0.2) is 53.3 Å². The van der Waals surface area contributed by atoms with Crippen molar-refractivity contribution in [2.24, 2.45) is 12.8 Å². The first-order valence-electron chi connectivity index (χ1n) is 16.2. The van der Waals surface area contributed by atoms with E-state index in [4.69, 9.17) is 20.7 Å². The van der Waals surface area contributed by atoms with Crippen molar-refractivity contribution in [2.45, 2.75) is 83.1 Å². The summed E-state index contributed by atoms with van der Waals surface area (Å²) in [7, 11) is 1.77. The number of aromatic nitrogens is 2. The standard InChI is InChI=1S/C35H46N6O4.ClH/c1-40-34(43)32(33(28-14-12-26(25-36)13-15-28)38-35(40)41-22-20-29(37)21-23-41)27-16-18-30(19-17-27)45-24-10-8-6-4-2-3-5-7-9-11-31(42)39-44;/h12-19,29,44H,2-11,20-24,37H2,1H3,(H,39,42);1H. The lowest BCUT2D eigenvalue weighted by Gasteiger charge is -2.32. The number of unbranched alkanes of at least 4 members (excludes halogenated alkanes) is 8. The first-order valence-corrected chi connectivity index (χ1v) is 16.2. The fourth-order valence-electron chi connectivity index (χ4n) is 5.73. The van der Waals surface area contributed by atoms with Gasteiger partial charge in [0.15, 0.2) is 0 Å². The van der Waals surface area contributed by atoms with E-state index in [2.05, 4.69) is 11.0 Å². The molecule has 2 heterocycles. The Kier molecular flexibility index (Phi) is 15.0. The van der Waals surface area contributed by atoms with Crippen molar-refractivity contribution in [3.8, 4) is 34.2 Å². The molecule has 3 aromatic rings. The summed E-state index contributed by atoms with van der Waals surface area (Å²) in [5.74, 6) is 1.08. The van der Waals surface area contributed by atoms with Gasteiger partial charge in [0, 0.05) is 38.2 Å². The molecule has 0 bridgehead atoms. The fraction of sp³-hybridized carbons (Fsp3) is 0.486. The quantitative estimate of drug-likeness (QED) is 0.0955. The predicted octanol–water partition coefficient (Wildman–Crippen LogP) is 6.12. The summed E-state index contributed by atoms with van der Waals surface area (Å²) in [6, 6.07) is 17.1. The van der Waals surface area contributed by atoms with Crippen LogP contribution in [-0.4, -0.2) is 46.4 Å². The van der Waals surface area contributed by atoms with Crippen LogP contribution in [0.25, 0.3) is 22.4 Å². The zero-order chi connectivity index (χ0) is 32.0. The van der Waals surface area contributed by atoms with Crippen LogP contribution in [0.4, 0.5) is 5.95 Å². The van der Waals surface area contributed by atoms with Crippen LogP contribution in [0.3, 0.4) is 0 Å². The van der Waals surface area contributed by atoms with Crippen molar-refractivity contribution >= 4 is 24.3 Å². The first kappa shape index (κ1) is 36.6. The molecular weight excluding hydrogens is 604 g/mol. The highest BCUT2D eigenvalue weighted by molar-refractivity contribution is 5.85. The molecule has 0 saturated carbocycles. The van der Waals surface area contributed by atoms with Crippen molar-refractivity contribution in [3.63, 3.8) is 0 Å². The Morgan fingerprint density at radius 1 is 0.957 bits per heavy atom. The molecule has 0 atom stereocenters. The van der Waals surface area contributed by atoms with Crippen LogP contribution >= 0.6 is 12.4 Å². The molecule has 1 aliphatic rings. The Labute approximate surface area is 278 Å². The van der Waals surface area contributed by atoms with E-state index >= 15 is 0 Å². The highest BCUT2D eigenvalue weighted by Gasteiger charge is 2.24. The zero-order valence-electron chi connectivity index (χ0n) is 26.7. The number of hydrogen-bond acceptors (Lipinski definition) is 8. The third-order valence-corrected chi connectivity index (χ3v) is 8.46. The van der Waals surface area contributed by atoms with E-state index < -0.39 is 0 Å². The van der Waals surface area contributed by atoms with Gasteiger partial charge < -0.3 is 15.4 Å². The maximum Gasteiger partial charge on any atom is 0.263 e. The Morgan fingerprint density at radius 3 is 2.11 bits per heavy atom. The number of hydroxylamine groups is 1. The second kappa shape index (κ2) is 18.9. The number of ether oxygens (including phenoxy) is 1. The van der Waals surface area contributed by atoms with Gasteiger partial charge in [0.1, 0.15) is 5.75 Å². The first-order chi connectivity index (χ1) is 21.9. The van der Waals surface area contributed by atoms with Gasteiger partial charge in [-0.15, -0.1) is 12.4 Å². The number of nitrogens with one attached hydrogen (secondary N) is 1. The maximum absolute atomic E-state index is 13.9. The average molecular weight is 651 g/mol. The van der Waals surface area contributed by atoms with Gasteiger partial charge in [-0.3, -0.25) is 19.4 Å². The summed E-state index contributed by atoms with van der Waals surface area (Å²) >= 11 is 0. The van der Waals surface area contributed by atoms with Crippen molar-refractivity contribution in [2.75, 3.05) is 24.6 Å². The van der Waals surface area contributed by atoms with Crippen LogP contribution in [0.5, 0.6) is 5.75 Å². The summed E-state index contributed by atoms with van der Waals surface area (Å²) in [5.41, 5.74) is 10.9. The number of nitriles is 1. The number of halogens is 1. The molecule has 4 rings (SSSR count). The van der Waals surface area contributed by atoms with E-state index in [9.17, 15) is 14.9 Å². The van der Waals surface area contributed by atoms with Gasteiger partial charge in [0.25, 0.3) is 5.56 Å². The Morgan fingerprint density at radius 2 is 1.52 bits per heavy atom. The number of carbonyl (C=O) groups is 1. The summed E-state index contributed by atoms with van der Waals surface area (Å²) in [6.07, 6.45) is 11.9. The molecular formula is C35H47ClN6O4. The van der Waals surface area contributed by atoms with Crippen molar-refractivity contribution in [3.05, 3.63) is 64.4 Å². The molecule has 11 heteroatoms. The van der Waals surface area contributed by atoms with E-state index in [1.54, 1.807) is 29.2 Å². The second-order valence-corrected chi connectivity index (χ2v) is 11.9. The number of hydrogen-bond donors (Lipinski definition) is 3. The number of piperidine rings is 1. The molecule has 0 aliphatic carbocycles. The number of carbonyl (C=O) groups excluding carboxylic acids is 1. The lowest BCUT2D eigenvalue weighted by atomic mass is 9.99. The molecule has 2 aromatic carbocycles. The van der Waals surface area contributed by atoms with Crippen LogP contribution in [-0.2, 0) is 11.8 Å². The maximum atomic E-state index is 13.9. The van der Waals surface area contributed by atoms with Gasteiger partial charge in [0.05, 0.1) is 29.5 Å². The molecule has 1 aromatic heterocycles. The topological polar surface area (TPSA) is 146 Å². The molecule has 248 valence electrons. The van der Waals surface area contributed by atoms with Crippen molar-refractivity contribution in [1.29, 1.82) is 5.26 Å². The molecule has 4 N–H and O–H groups in total. The van der Waals surface area contributed by atoms with Crippen molar-refractivity contribution in [1.82, 2.24) is 15.0 Å². The largest absolute Gasteiger partial charge is 0.494 e. The molecule has 46 heavy (non-hydrogen) atoms. The van der Waals surface area contributed by atoms with Gasteiger partial charge in [0.2, 0.25) is 11.9 Å². The Hall–Kier alpha value is -3.91. The number of nitrogens with two attached hydrogens (primary N) is 1. The average Bonchev–Trinajstić information content (AvgIpc) is 3.07. The van der Waals surface area contributed by atoms with E-state index in [0.29, 0.717) is 35.8 Å². The van der Waals surface area contributed by atoms with E-state index in [-0.39, 0.29) is 29.9 Å². The SMILES string of the molecule is Cl.Cn1c(N2CCC(N)CC2)nc(-c2ccc(C#N)cc2)c(-c2ccc(OCCCCCCCCCCCC(=O)NO)cc2)c1=O. The van der Waals surface area contributed by atoms with Gasteiger partial charge in [-0.05, 0) is 55.5 Å². The van der Waals surface area contributed by atoms with Gasteiger partial charge in [-0.25, -0.2) is 10.5 Å². The third kappa shape index (κ3) is 10.3. The minimum absolute atomic E-state index is 0. The minimum Gasteiger partial charge on any atom is -0.494 e. The third-order valence-electron chi connectivity index (χ3n) is 8.46. The number of amides is 1. The number of nitrogens with zero attached hydrogens (tertiary/aromatic N) is 4. The van der Waals surface area contributed by atoms with E-state index in [0.717, 1.165) is 74.9 Å². The summed E-state index contributed by atoms with van der Waals surface area (Å²) in [4.78, 5) is 32.1. The zero-order valence-corrected chi connectivity index (χ0v) is 27.6. The minimum atomic E-state index is -0.311. The lowest BCUT2D eigenvalue weighted by molar-refractivity contribution is -0.129. The lowest BCUT2D eigenvalue weighted by Crippen LogP contribution is -2.42. The highest BCUT2D eigenvalue weighted by atomic mass is 35.5. The summed E-state index contributed by atoms with van der Waals surface area (Å²) in [5, 5.41) is 17.8. The van der Waals surface area contributed by atoms with E-state index in [1.807, 2.05) is 36.4 Å². The molecule has 1 fully saturated rings. The molecule has 1 aliphatic heterocycles. The Balaban J connectivity index is 0.00000576. The number of anilines is 1. The molecule has 0 radical (unpaired) electrons. The summed E-state index contributed by atoms with van der Waals surface area (Å²) in [6.45, 7) is 2.13. The van der Waals surface area contributed by atoms with Crippen molar-refractivity contribution < 1.29 is 14.7 Å². The number of rotatable bonds is 16. The van der Waals surface area contributed by atoms with E-state index in [1.165, 1.54) is 25.7 Å². The molecule has 0 spiro atoms. The van der Waals surface area contributed by atoms with Gasteiger partial charge >= 0.3 is 0 Å². The normalized spacial score (nSPS) is 13.1. The molecule has 10 nitrogen and oxygen atoms in total.